The molecule has 3 nitrogen and oxygen atoms in total. The maximum Gasteiger partial charge on any atom is 0.261 e. The second kappa shape index (κ2) is 7.92. The molecule has 0 amide bonds. The van der Waals surface area contributed by atoms with Gasteiger partial charge in [0.2, 0.25) is 0 Å². The van der Waals surface area contributed by atoms with Crippen molar-refractivity contribution in [2.45, 2.75) is 38.2 Å². The molecule has 1 rings (SSSR count). The number of halogens is 2. The summed E-state index contributed by atoms with van der Waals surface area (Å²) in [6, 6.07) is 0. The Hall–Kier alpha value is -0.260. The predicted molar refractivity (Wildman–Crippen MR) is 55.6 cm³/mol. The van der Waals surface area contributed by atoms with Crippen LogP contribution in [0.25, 0.3) is 0 Å². The summed E-state index contributed by atoms with van der Waals surface area (Å²) in [6.07, 6.45) is 0.253. The summed E-state index contributed by atoms with van der Waals surface area (Å²) in [7, 11) is 0. The van der Waals surface area contributed by atoms with E-state index in [1.807, 2.05) is 0 Å². The molecule has 0 radical (unpaired) electrons. The number of aliphatic hydroxyl groups is 1. The van der Waals surface area contributed by atoms with Gasteiger partial charge in [-0.05, 0) is 31.6 Å². The van der Waals surface area contributed by atoms with Gasteiger partial charge >= 0.3 is 0 Å². The number of hydrogen-bond donors (Lipinski definition) is 1. The number of hydrogen-bond acceptors (Lipinski definition) is 3. The molecule has 16 heavy (non-hydrogen) atoms. The monoisotopic (exact) mass is 238 g/mol. The zero-order valence-corrected chi connectivity index (χ0v) is 9.41. The Morgan fingerprint density at radius 1 is 1.31 bits per heavy atom. The molecule has 0 aromatic carbocycles. The predicted octanol–water partition coefficient (Wildman–Crippen LogP) is 1.84. The molecule has 1 heterocycles. The van der Waals surface area contributed by atoms with E-state index in [4.69, 9.17) is 9.47 Å². The third-order valence-electron chi connectivity index (χ3n) is 2.79. The van der Waals surface area contributed by atoms with Gasteiger partial charge in [-0.25, -0.2) is 8.78 Å². The lowest BCUT2D eigenvalue weighted by Crippen LogP contribution is -2.22. The standard InChI is InChI=1S/C11H20F2O3/c12-11(13)8-16-6-3-10(14)7-9-1-4-15-5-2-9/h9-11,14H,1-8H2. The molecule has 0 aromatic heterocycles. The second-order valence-corrected chi connectivity index (χ2v) is 4.20. The summed E-state index contributed by atoms with van der Waals surface area (Å²) >= 11 is 0. The largest absolute Gasteiger partial charge is 0.393 e. The van der Waals surface area contributed by atoms with Crippen molar-refractivity contribution in [1.82, 2.24) is 0 Å². The van der Waals surface area contributed by atoms with E-state index in [2.05, 4.69) is 0 Å². The van der Waals surface area contributed by atoms with Crippen LogP contribution in [-0.4, -0.2) is 44.1 Å². The fourth-order valence-corrected chi connectivity index (χ4v) is 1.88. The SMILES string of the molecule is OC(CCOCC(F)F)CC1CCOCC1. The van der Waals surface area contributed by atoms with Crippen LogP contribution >= 0.6 is 0 Å². The van der Waals surface area contributed by atoms with Gasteiger partial charge in [0.05, 0.1) is 6.10 Å². The molecule has 0 aromatic rings. The van der Waals surface area contributed by atoms with Gasteiger partial charge in [0.15, 0.2) is 0 Å². The molecule has 1 fully saturated rings. The van der Waals surface area contributed by atoms with Gasteiger partial charge in [0, 0.05) is 19.8 Å². The molecule has 1 atom stereocenters. The Morgan fingerprint density at radius 3 is 2.62 bits per heavy atom. The Morgan fingerprint density at radius 2 is 2.00 bits per heavy atom. The van der Waals surface area contributed by atoms with Gasteiger partial charge < -0.3 is 14.6 Å². The summed E-state index contributed by atoms with van der Waals surface area (Å²) in [5.41, 5.74) is 0. The third kappa shape index (κ3) is 6.35. The van der Waals surface area contributed by atoms with Crippen LogP contribution in [0.5, 0.6) is 0 Å². The van der Waals surface area contributed by atoms with Gasteiger partial charge in [-0.3, -0.25) is 0 Å². The van der Waals surface area contributed by atoms with Crippen LogP contribution in [0, 0.1) is 5.92 Å². The molecule has 5 heteroatoms. The number of ether oxygens (including phenoxy) is 2. The maximum atomic E-state index is 11.7. The van der Waals surface area contributed by atoms with Crippen molar-refractivity contribution >= 4 is 0 Å². The van der Waals surface area contributed by atoms with Crippen LogP contribution in [0.1, 0.15) is 25.7 Å². The highest BCUT2D eigenvalue weighted by Crippen LogP contribution is 2.21. The zero-order valence-electron chi connectivity index (χ0n) is 9.41. The average molecular weight is 238 g/mol. The average Bonchev–Trinajstić information content (AvgIpc) is 2.25. The van der Waals surface area contributed by atoms with E-state index in [1.54, 1.807) is 0 Å². The Labute approximate surface area is 94.7 Å². The van der Waals surface area contributed by atoms with E-state index in [9.17, 15) is 13.9 Å². The summed E-state index contributed by atoms with van der Waals surface area (Å²) in [4.78, 5) is 0. The van der Waals surface area contributed by atoms with E-state index in [0.29, 0.717) is 12.3 Å². The van der Waals surface area contributed by atoms with Crippen molar-refractivity contribution < 1.29 is 23.4 Å². The zero-order chi connectivity index (χ0) is 11.8. The fraction of sp³-hybridized carbons (Fsp3) is 1.00. The smallest absolute Gasteiger partial charge is 0.261 e. The summed E-state index contributed by atoms with van der Waals surface area (Å²) < 4.78 is 33.4. The van der Waals surface area contributed by atoms with Crippen molar-refractivity contribution in [3.63, 3.8) is 0 Å². The normalized spacial score (nSPS) is 20.2. The van der Waals surface area contributed by atoms with E-state index in [-0.39, 0.29) is 6.61 Å². The van der Waals surface area contributed by atoms with Crippen LogP contribution in [0.2, 0.25) is 0 Å². The Balaban J connectivity index is 1.99. The van der Waals surface area contributed by atoms with Crippen molar-refractivity contribution in [3.8, 4) is 0 Å². The topological polar surface area (TPSA) is 38.7 Å². The van der Waals surface area contributed by atoms with Crippen LogP contribution in [0.15, 0.2) is 0 Å². The highest BCUT2D eigenvalue weighted by Gasteiger charge is 2.17. The first-order valence-corrected chi connectivity index (χ1v) is 5.80. The highest BCUT2D eigenvalue weighted by atomic mass is 19.3. The molecule has 0 bridgehead atoms. The van der Waals surface area contributed by atoms with Crippen LogP contribution in [0.3, 0.4) is 0 Å². The first-order chi connectivity index (χ1) is 7.68. The molecule has 1 unspecified atom stereocenters. The summed E-state index contributed by atoms with van der Waals surface area (Å²) in [6.45, 7) is 1.19. The van der Waals surface area contributed by atoms with E-state index < -0.39 is 19.1 Å². The lowest BCUT2D eigenvalue weighted by atomic mass is 9.93. The third-order valence-corrected chi connectivity index (χ3v) is 2.79. The Kier molecular flexibility index (Phi) is 6.84. The minimum Gasteiger partial charge on any atom is -0.393 e. The molecule has 0 aliphatic carbocycles. The fourth-order valence-electron chi connectivity index (χ4n) is 1.88. The van der Waals surface area contributed by atoms with Crippen molar-refractivity contribution in [2.75, 3.05) is 26.4 Å². The van der Waals surface area contributed by atoms with Gasteiger partial charge in [-0.15, -0.1) is 0 Å². The van der Waals surface area contributed by atoms with Crippen LogP contribution in [-0.2, 0) is 9.47 Å². The van der Waals surface area contributed by atoms with E-state index in [1.165, 1.54) is 0 Å². The van der Waals surface area contributed by atoms with Crippen molar-refractivity contribution in [2.24, 2.45) is 5.92 Å². The molecule has 0 saturated carbocycles. The number of alkyl halides is 2. The van der Waals surface area contributed by atoms with Gasteiger partial charge in [0.25, 0.3) is 6.43 Å². The molecular formula is C11H20F2O3. The minimum atomic E-state index is -2.42. The van der Waals surface area contributed by atoms with Crippen LogP contribution in [0.4, 0.5) is 8.78 Å². The number of aliphatic hydroxyl groups excluding tert-OH is 1. The van der Waals surface area contributed by atoms with Crippen molar-refractivity contribution in [1.29, 1.82) is 0 Å². The molecule has 1 N–H and O–H groups in total. The lowest BCUT2D eigenvalue weighted by Gasteiger charge is -2.24. The van der Waals surface area contributed by atoms with E-state index in [0.717, 1.165) is 32.5 Å². The molecule has 1 aliphatic heterocycles. The molecule has 1 aliphatic rings. The highest BCUT2D eigenvalue weighted by molar-refractivity contribution is 4.68. The lowest BCUT2D eigenvalue weighted by molar-refractivity contribution is -0.00239. The molecular weight excluding hydrogens is 218 g/mol. The van der Waals surface area contributed by atoms with Crippen LogP contribution < -0.4 is 0 Å². The first kappa shape index (κ1) is 13.8. The second-order valence-electron chi connectivity index (χ2n) is 4.20. The minimum absolute atomic E-state index is 0.203. The number of rotatable bonds is 7. The summed E-state index contributed by atoms with van der Waals surface area (Å²) in [5, 5.41) is 9.66. The molecule has 0 spiro atoms. The first-order valence-electron chi connectivity index (χ1n) is 5.80. The molecule has 96 valence electrons. The quantitative estimate of drug-likeness (QED) is 0.688. The van der Waals surface area contributed by atoms with Gasteiger partial charge in [-0.1, -0.05) is 0 Å². The molecule has 1 saturated heterocycles. The van der Waals surface area contributed by atoms with Gasteiger partial charge in [-0.2, -0.15) is 0 Å². The summed E-state index contributed by atoms with van der Waals surface area (Å²) in [5.74, 6) is 0.499. The van der Waals surface area contributed by atoms with Gasteiger partial charge in [0.1, 0.15) is 6.61 Å². The maximum absolute atomic E-state index is 11.7. The van der Waals surface area contributed by atoms with E-state index >= 15 is 0 Å². The Bertz CT molecular complexity index is 173. The van der Waals surface area contributed by atoms with Crippen molar-refractivity contribution in [3.05, 3.63) is 0 Å².